The van der Waals surface area contributed by atoms with Crippen LogP contribution in [0.4, 0.5) is 11.4 Å². The number of carbonyl (C=O) groups is 1. The van der Waals surface area contributed by atoms with Crippen LogP contribution in [0.25, 0.3) is 0 Å². The van der Waals surface area contributed by atoms with Crippen LogP contribution in [0.5, 0.6) is 0 Å². The fraction of sp³-hybridized carbons (Fsp3) is 0.417. The van der Waals surface area contributed by atoms with Gasteiger partial charge in [-0.3, -0.25) is 14.9 Å². The first-order valence-electron chi connectivity index (χ1n) is 5.97. The molecule has 0 aromatic heterocycles. The Balaban J connectivity index is 2.27. The van der Waals surface area contributed by atoms with Crippen LogP contribution < -0.4 is 10.6 Å². The highest BCUT2D eigenvalue weighted by Crippen LogP contribution is 2.29. The number of amides is 1. The van der Waals surface area contributed by atoms with E-state index in [9.17, 15) is 14.9 Å². The third-order valence-corrected chi connectivity index (χ3v) is 3.45. The SMILES string of the molecule is C[C@H]1CCNC(=O)[C@H]1Nc1ccc(Cl)cc1[N+](=O)[O-]. The fourth-order valence-corrected chi connectivity index (χ4v) is 2.28. The lowest BCUT2D eigenvalue weighted by molar-refractivity contribution is -0.384. The Kier molecular flexibility index (Phi) is 3.90. The first-order chi connectivity index (χ1) is 8.99. The predicted molar refractivity (Wildman–Crippen MR) is 72.3 cm³/mol. The summed E-state index contributed by atoms with van der Waals surface area (Å²) in [5, 5.41) is 17.0. The summed E-state index contributed by atoms with van der Waals surface area (Å²) in [4.78, 5) is 22.3. The van der Waals surface area contributed by atoms with Gasteiger partial charge in [-0.2, -0.15) is 0 Å². The van der Waals surface area contributed by atoms with Gasteiger partial charge in [0.05, 0.1) is 4.92 Å². The van der Waals surface area contributed by atoms with Crippen molar-refractivity contribution in [3.05, 3.63) is 33.3 Å². The zero-order chi connectivity index (χ0) is 14.0. The van der Waals surface area contributed by atoms with E-state index in [0.717, 1.165) is 6.42 Å². The molecule has 0 aliphatic carbocycles. The van der Waals surface area contributed by atoms with Crippen molar-refractivity contribution in [1.82, 2.24) is 5.32 Å². The molecule has 1 saturated heterocycles. The number of rotatable bonds is 3. The van der Waals surface area contributed by atoms with Crippen molar-refractivity contribution in [3.8, 4) is 0 Å². The molecule has 1 aliphatic rings. The Labute approximate surface area is 115 Å². The van der Waals surface area contributed by atoms with Gasteiger partial charge in [0.2, 0.25) is 5.91 Å². The van der Waals surface area contributed by atoms with Gasteiger partial charge in [0, 0.05) is 17.6 Å². The van der Waals surface area contributed by atoms with Crippen LogP contribution in [-0.2, 0) is 4.79 Å². The maximum Gasteiger partial charge on any atom is 0.293 e. The summed E-state index contributed by atoms with van der Waals surface area (Å²) >= 11 is 5.75. The molecule has 19 heavy (non-hydrogen) atoms. The summed E-state index contributed by atoms with van der Waals surface area (Å²) in [5.74, 6) is -0.0213. The molecule has 0 bridgehead atoms. The molecule has 2 rings (SSSR count). The van der Waals surface area contributed by atoms with Crippen molar-refractivity contribution < 1.29 is 9.72 Å². The summed E-state index contributed by atoms with van der Waals surface area (Å²) in [6, 6.07) is 3.89. The quantitative estimate of drug-likeness (QED) is 0.658. The molecule has 1 amide bonds. The smallest absolute Gasteiger partial charge is 0.293 e. The molecule has 1 aliphatic heterocycles. The minimum absolute atomic E-state index is 0.115. The molecule has 1 aromatic rings. The lowest BCUT2D eigenvalue weighted by Gasteiger charge is -2.29. The summed E-state index contributed by atoms with van der Waals surface area (Å²) in [6.07, 6.45) is 0.838. The van der Waals surface area contributed by atoms with Crippen LogP contribution in [0.1, 0.15) is 13.3 Å². The molecule has 0 spiro atoms. The van der Waals surface area contributed by atoms with E-state index >= 15 is 0 Å². The average molecular weight is 284 g/mol. The summed E-state index contributed by atoms with van der Waals surface area (Å²) < 4.78 is 0. The van der Waals surface area contributed by atoms with E-state index in [1.807, 2.05) is 6.92 Å². The normalized spacial score (nSPS) is 22.7. The van der Waals surface area contributed by atoms with E-state index in [2.05, 4.69) is 10.6 Å². The minimum atomic E-state index is -0.514. The van der Waals surface area contributed by atoms with Crippen molar-refractivity contribution in [1.29, 1.82) is 0 Å². The van der Waals surface area contributed by atoms with Crippen LogP contribution in [0.15, 0.2) is 18.2 Å². The van der Waals surface area contributed by atoms with Gasteiger partial charge < -0.3 is 10.6 Å². The second-order valence-electron chi connectivity index (χ2n) is 4.60. The highest BCUT2D eigenvalue weighted by atomic mass is 35.5. The molecule has 7 heteroatoms. The molecule has 0 radical (unpaired) electrons. The molecule has 0 saturated carbocycles. The number of nitrogens with one attached hydrogen (secondary N) is 2. The largest absolute Gasteiger partial charge is 0.368 e. The van der Waals surface area contributed by atoms with E-state index in [4.69, 9.17) is 11.6 Å². The molecule has 6 nitrogen and oxygen atoms in total. The van der Waals surface area contributed by atoms with Crippen molar-refractivity contribution in [2.75, 3.05) is 11.9 Å². The highest BCUT2D eigenvalue weighted by molar-refractivity contribution is 6.30. The van der Waals surface area contributed by atoms with Gasteiger partial charge in [-0.1, -0.05) is 18.5 Å². The molecule has 2 atom stereocenters. The van der Waals surface area contributed by atoms with Gasteiger partial charge in [0.25, 0.3) is 5.69 Å². The topological polar surface area (TPSA) is 84.3 Å². The van der Waals surface area contributed by atoms with Gasteiger partial charge in [0.1, 0.15) is 11.7 Å². The van der Waals surface area contributed by atoms with Gasteiger partial charge in [-0.05, 0) is 24.5 Å². The Hall–Kier alpha value is -1.82. The van der Waals surface area contributed by atoms with Crippen LogP contribution >= 0.6 is 11.6 Å². The third kappa shape index (κ3) is 2.96. The number of nitro benzene ring substituents is 1. The van der Waals surface area contributed by atoms with Crippen LogP contribution in [0.3, 0.4) is 0 Å². The van der Waals surface area contributed by atoms with E-state index in [1.54, 1.807) is 6.07 Å². The van der Waals surface area contributed by atoms with E-state index in [0.29, 0.717) is 17.3 Å². The Morgan fingerprint density at radius 3 is 2.89 bits per heavy atom. The minimum Gasteiger partial charge on any atom is -0.368 e. The highest BCUT2D eigenvalue weighted by Gasteiger charge is 2.30. The van der Waals surface area contributed by atoms with Crippen molar-refractivity contribution in [3.63, 3.8) is 0 Å². The monoisotopic (exact) mass is 283 g/mol. The van der Waals surface area contributed by atoms with Crippen LogP contribution in [-0.4, -0.2) is 23.4 Å². The molecule has 1 heterocycles. The zero-order valence-electron chi connectivity index (χ0n) is 10.4. The first-order valence-corrected chi connectivity index (χ1v) is 6.35. The van der Waals surface area contributed by atoms with E-state index in [-0.39, 0.29) is 17.5 Å². The molecule has 1 fully saturated rings. The summed E-state index contributed by atoms with van der Waals surface area (Å²) in [7, 11) is 0. The number of piperidine rings is 1. The average Bonchev–Trinajstić information content (AvgIpc) is 2.35. The lowest BCUT2D eigenvalue weighted by atomic mass is 9.94. The van der Waals surface area contributed by atoms with Gasteiger partial charge in [-0.25, -0.2) is 0 Å². The number of halogens is 1. The fourth-order valence-electron chi connectivity index (χ4n) is 2.11. The molecule has 0 unspecified atom stereocenters. The predicted octanol–water partition coefficient (Wildman–Crippen LogP) is 2.18. The van der Waals surface area contributed by atoms with Gasteiger partial charge in [-0.15, -0.1) is 0 Å². The maximum absolute atomic E-state index is 11.8. The van der Waals surface area contributed by atoms with Crippen LogP contribution in [0.2, 0.25) is 5.02 Å². The third-order valence-electron chi connectivity index (χ3n) is 3.22. The van der Waals surface area contributed by atoms with Crippen LogP contribution in [0, 0.1) is 16.0 Å². The second-order valence-corrected chi connectivity index (χ2v) is 5.03. The first kappa shape index (κ1) is 13.6. The van der Waals surface area contributed by atoms with Crippen molar-refractivity contribution in [2.45, 2.75) is 19.4 Å². The molecule has 2 N–H and O–H groups in total. The second kappa shape index (κ2) is 5.44. The summed E-state index contributed by atoms with van der Waals surface area (Å²) in [5.41, 5.74) is 0.182. The number of carbonyl (C=O) groups excluding carboxylic acids is 1. The number of hydrogen-bond donors (Lipinski definition) is 2. The summed E-state index contributed by atoms with van der Waals surface area (Å²) in [6.45, 7) is 2.58. The van der Waals surface area contributed by atoms with Gasteiger partial charge in [0.15, 0.2) is 0 Å². The standard InChI is InChI=1S/C12H14ClN3O3/c1-7-4-5-14-12(17)11(7)15-9-3-2-8(13)6-10(9)16(18)19/h2-3,6-7,11,15H,4-5H2,1H3,(H,14,17)/t7-,11-/m0/s1. The molecule has 1 aromatic carbocycles. The van der Waals surface area contributed by atoms with Crippen molar-refractivity contribution in [2.24, 2.45) is 5.92 Å². The van der Waals surface area contributed by atoms with Gasteiger partial charge >= 0.3 is 0 Å². The molecule has 102 valence electrons. The number of benzene rings is 1. The van der Waals surface area contributed by atoms with E-state index in [1.165, 1.54) is 12.1 Å². The number of anilines is 1. The Bertz CT molecular complexity index is 521. The van der Waals surface area contributed by atoms with E-state index < -0.39 is 11.0 Å². The lowest BCUT2D eigenvalue weighted by Crippen LogP contribution is -2.49. The Morgan fingerprint density at radius 1 is 1.53 bits per heavy atom. The zero-order valence-corrected chi connectivity index (χ0v) is 11.1. The molecular formula is C12H14ClN3O3. The number of nitro groups is 1. The number of hydrogen-bond acceptors (Lipinski definition) is 4. The Morgan fingerprint density at radius 2 is 2.26 bits per heavy atom. The molecular weight excluding hydrogens is 270 g/mol. The maximum atomic E-state index is 11.8. The number of nitrogens with zero attached hydrogens (tertiary/aromatic N) is 1. The van der Waals surface area contributed by atoms with Crippen molar-refractivity contribution >= 4 is 28.9 Å².